The normalized spacial score (nSPS) is 12.1. The molecule has 102 valence electrons. The first-order valence-corrected chi connectivity index (χ1v) is 7.33. The Hall–Kier alpha value is -0.540. The van der Waals surface area contributed by atoms with Crippen LogP contribution in [0.3, 0.4) is 0 Å². The van der Waals surface area contributed by atoms with Crippen LogP contribution in [-0.2, 0) is 10.0 Å². The molecule has 1 aromatic rings. The molecule has 8 heteroatoms. The minimum atomic E-state index is -3.91. The SMILES string of the molecule is O=S(=O)(c1ccc(Br)c(F)c1)N(CCO)CCO. The molecule has 2 N–H and O–H groups in total. The van der Waals surface area contributed by atoms with Crippen LogP contribution in [0.1, 0.15) is 0 Å². The summed E-state index contributed by atoms with van der Waals surface area (Å²) in [6.45, 7) is -1.06. The van der Waals surface area contributed by atoms with Crippen LogP contribution in [0.25, 0.3) is 0 Å². The van der Waals surface area contributed by atoms with Crippen molar-refractivity contribution in [2.45, 2.75) is 4.90 Å². The second-order valence-corrected chi connectivity index (χ2v) is 6.22. The average molecular weight is 342 g/mol. The second-order valence-electron chi connectivity index (χ2n) is 3.43. The topological polar surface area (TPSA) is 77.8 Å². The van der Waals surface area contributed by atoms with Crippen molar-refractivity contribution in [2.75, 3.05) is 26.3 Å². The van der Waals surface area contributed by atoms with Crippen LogP contribution in [-0.4, -0.2) is 49.2 Å². The third kappa shape index (κ3) is 3.48. The molecule has 0 aliphatic heterocycles. The summed E-state index contributed by atoms with van der Waals surface area (Å²) in [6, 6.07) is 3.43. The van der Waals surface area contributed by atoms with Gasteiger partial charge in [-0.25, -0.2) is 12.8 Å². The van der Waals surface area contributed by atoms with Gasteiger partial charge < -0.3 is 10.2 Å². The summed E-state index contributed by atoms with van der Waals surface area (Å²) in [5, 5.41) is 17.6. The molecule has 1 aromatic carbocycles. The smallest absolute Gasteiger partial charge is 0.243 e. The Balaban J connectivity index is 3.13. The molecule has 0 heterocycles. The largest absolute Gasteiger partial charge is 0.395 e. The van der Waals surface area contributed by atoms with Gasteiger partial charge in [-0.1, -0.05) is 0 Å². The molecule has 1 rings (SSSR count). The summed E-state index contributed by atoms with van der Waals surface area (Å²) in [4.78, 5) is -0.217. The Morgan fingerprint density at radius 1 is 1.22 bits per heavy atom. The van der Waals surface area contributed by atoms with Gasteiger partial charge in [0.15, 0.2) is 0 Å². The van der Waals surface area contributed by atoms with Crippen molar-refractivity contribution in [2.24, 2.45) is 0 Å². The van der Waals surface area contributed by atoms with Crippen molar-refractivity contribution in [3.8, 4) is 0 Å². The van der Waals surface area contributed by atoms with Crippen LogP contribution in [0.5, 0.6) is 0 Å². The molecule has 0 spiro atoms. The lowest BCUT2D eigenvalue weighted by atomic mass is 10.3. The Morgan fingerprint density at radius 2 is 1.78 bits per heavy atom. The van der Waals surface area contributed by atoms with Crippen molar-refractivity contribution in [1.29, 1.82) is 0 Å². The highest BCUT2D eigenvalue weighted by atomic mass is 79.9. The van der Waals surface area contributed by atoms with Crippen LogP contribution in [0.4, 0.5) is 4.39 Å². The van der Waals surface area contributed by atoms with Gasteiger partial charge in [-0.3, -0.25) is 0 Å². The number of rotatable bonds is 6. The number of hydrogen-bond donors (Lipinski definition) is 2. The highest BCUT2D eigenvalue weighted by Gasteiger charge is 2.24. The lowest BCUT2D eigenvalue weighted by Crippen LogP contribution is -2.35. The van der Waals surface area contributed by atoms with E-state index in [1.807, 2.05) is 0 Å². The molecule has 0 saturated heterocycles. The lowest BCUT2D eigenvalue weighted by molar-refractivity contribution is 0.217. The molecule has 18 heavy (non-hydrogen) atoms. The molecule has 0 aliphatic rings. The van der Waals surface area contributed by atoms with E-state index in [1.54, 1.807) is 0 Å². The molecule has 0 unspecified atom stereocenters. The van der Waals surface area contributed by atoms with Gasteiger partial charge in [0, 0.05) is 13.1 Å². The quantitative estimate of drug-likeness (QED) is 0.792. The van der Waals surface area contributed by atoms with Gasteiger partial charge in [-0.2, -0.15) is 4.31 Å². The maximum absolute atomic E-state index is 13.3. The molecular weight excluding hydrogens is 329 g/mol. The van der Waals surface area contributed by atoms with E-state index in [0.29, 0.717) is 0 Å². The van der Waals surface area contributed by atoms with E-state index >= 15 is 0 Å². The van der Waals surface area contributed by atoms with Crippen molar-refractivity contribution in [3.05, 3.63) is 28.5 Å². The van der Waals surface area contributed by atoms with Gasteiger partial charge in [0.1, 0.15) is 5.82 Å². The third-order valence-corrected chi connectivity index (χ3v) is 4.77. The van der Waals surface area contributed by atoms with E-state index in [0.717, 1.165) is 10.4 Å². The number of hydrogen-bond acceptors (Lipinski definition) is 4. The Kier molecular flexibility index (Phi) is 5.67. The predicted molar refractivity (Wildman–Crippen MR) is 67.0 cm³/mol. The van der Waals surface area contributed by atoms with E-state index in [2.05, 4.69) is 15.9 Å². The van der Waals surface area contributed by atoms with E-state index in [-0.39, 0.29) is 35.7 Å². The van der Waals surface area contributed by atoms with Gasteiger partial charge in [0.25, 0.3) is 0 Å². The zero-order valence-electron chi connectivity index (χ0n) is 9.38. The highest BCUT2D eigenvalue weighted by molar-refractivity contribution is 9.10. The van der Waals surface area contributed by atoms with E-state index in [9.17, 15) is 12.8 Å². The van der Waals surface area contributed by atoms with Gasteiger partial charge in [0.2, 0.25) is 10.0 Å². The van der Waals surface area contributed by atoms with Crippen LogP contribution < -0.4 is 0 Å². The van der Waals surface area contributed by atoms with Gasteiger partial charge in [-0.05, 0) is 34.1 Å². The zero-order chi connectivity index (χ0) is 13.8. The summed E-state index contributed by atoms with van der Waals surface area (Å²) in [7, 11) is -3.91. The molecule has 0 aliphatic carbocycles. The minimum Gasteiger partial charge on any atom is -0.395 e. The zero-order valence-corrected chi connectivity index (χ0v) is 11.8. The van der Waals surface area contributed by atoms with Gasteiger partial charge in [-0.15, -0.1) is 0 Å². The summed E-state index contributed by atoms with van der Waals surface area (Å²) in [5.74, 6) is -0.691. The number of aliphatic hydroxyl groups is 2. The van der Waals surface area contributed by atoms with Gasteiger partial charge in [0.05, 0.1) is 22.6 Å². The summed E-state index contributed by atoms with van der Waals surface area (Å²) >= 11 is 2.93. The van der Waals surface area contributed by atoms with Crippen LogP contribution in [0, 0.1) is 5.82 Å². The summed E-state index contributed by atoms with van der Waals surface area (Å²) in [5.41, 5.74) is 0. The average Bonchev–Trinajstić information content (AvgIpc) is 2.32. The first-order chi connectivity index (χ1) is 8.43. The highest BCUT2D eigenvalue weighted by Crippen LogP contribution is 2.21. The molecule has 0 saturated carbocycles. The Bertz CT molecular complexity index is 503. The number of nitrogens with zero attached hydrogens (tertiary/aromatic N) is 1. The molecule has 0 bridgehead atoms. The predicted octanol–water partition coefficient (Wildman–Crippen LogP) is 0.563. The number of halogens is 2. The summed E-state index contributed by atoms with van der Waals surface area (Å²) in [6.07, 6.45) is 0. The Morgan fingerprint density at radius 3 is 2.22 bits per heavy atom. The van der Waals surface area contributed by atoms with E-state index < -0.39 is 15.8 Å². The molecule has 0 amide bonds. The van der Waals surface area contributed by atoms with Crippen LogP contribution in [0.2, 0.25) is 0 Å². The maximum atomic E-state index is 13.3. The van der Waals surface area contributed by atoms with Crippen molar-refractivity contribution >= 4 is 26.0 Å². The Labute approximate surface area is 113 Å². The van der Waals surface area contributed by atoms with Crippen molar-refractivity contribution < 1.29 is 23.0 Å². The lowest BCUT2D eigenvalue weighted by Gasteiger charge is -2.20. The molecule has 0 atom stereocenters. The van der Waals surface area contributed by atoms with Crippen molar-refractivity contribution in [1.82, 2.24) is 4.31 Å². The monoisotopic (exact) mass is 341 g/mol. The maximum Gasteiger partial charge on any atom is 0.243 e. The van der Waals surface area contributed by atoms with Crippen LogP contribution in [0.15, 0.2) is 27.6 Å². The summed E-state index contributed by atoms with van der Waals surface area (Å²) < 4.78 is 38.6. The third-order valence-electron chi connectivity index (χ3n) is 2.23. The fourth-order valence-electron chi connectivity index (χ4n) is 1.36. The van der Waals surface area contributed by atoms with E-state index in [4.69, 9.17) is 10.2 Å². The molecule has 0 radical (unpaired) electrons. The first kappa shape index (κ1) is 15.5. The van der Waals surface area contributed by atoms with E-state index in [1.165, 1.54) is 12.1 Å². The molecule has 0 fully saturated rings. The van der Waals surface area contributed by atoms with Crippen molar-refractivity contribution in [3.63, 3.8) is 0 Å². The standard InChI is InChI=1S/C10H13BrFNO4S/c11-9-2-1-8(7-10(9)12)18(16,17)13(3-5-14)4-6-15/h1-2,7,14-15H,3-6H2. The first-order valence-electron chi connectivity index (χ1n) is 5.10. The molecular formula is C10H13BrFNO4S. The van der Waals surface area contributed by atoms with Crippen LogP contribution >= 0.6 is 15.9 Å². The number of sulfonamides is 1. The number of aliphatic hydroxyl groups excluding tert-OH is 2. The minimum absolute atomic E-state index is 0.152. The molecule has 5 nitrogen and oxygen atoms in total. The number of benzene rings is 1. The fourth-order valence-corrected chi connectivity index (χ4v) is 3.04. The van der Waals surface area contributed by atoms with Gasteiger partial charge >= 0.3 is 0 Å². The second kappa shape index (κ2) is 6.58. The molecule has 0 aromatic heterocycles. The fraction of sp³-hybridized carbons (Fsp3) is 0.400.